The lowest BCUT2D eigenvalue weighted by molar-refractivity contribution is 0.0697. The van der Waals surface area contributed by atoms with Gasteiger partial charge in [-0.25, -0.2) is 4.79 Å². The molecule has 0 saturated heterocycles. The number of ether oxygens (including phenoxy) is 1. The predicted octanol–water partition coefficient (Wildman–Crippen LogP) is 1.79. The van der Waals surface area contributed by atoms with Crippen molar-refractivity contribution in [2.45, 2.75) is 26.2 Å². The number of anilines is 1. The summed E-state index contributed by atoms with van der Waals surface area (Å²) in [5.74, 6) is -0.704. The van der Waals surface area contributed by atoms with Gasteiger partial charge in [0.2, 0.25) is 0 Å². The molecule has 6 heteroatoms. The summed E-state index contributed by atoms with van der Waals surface area (Å²) in [6.45, 7) is 4.18. The number of nitrogens with zero attached hydrogens (tertiary/aromatic N) is 2. The molecular weight excluding hydrogens is 234 g/mol. The SMILES string of the molecule is CCCCOCCCNc1nnccc1C(=O)O. The van der Waals surface area contributed by atoms with Crippen LogP contribution in [0.15, 0.2) is 12.3 Å². The lowest BCUT2D eigenvalue weighted by atomic mass is 10.3. The average molecular weight is 253 g/mol. The van der Waals surface area contributed by atoms with Gasteiger partial charge < -0.3 is 15.2 Å². The highest BCUT2D eigenvalue weighted by Crippen LogP contribution is 2.09. The first-order valence-electron chi connectivity index (χ1n) is 6.12. The fourth-order valence-electron chi connectivity index (χ4n) is 1.36. The smallest absolute Gasteiger partial charge is 0.339 e. The third-order valence-electron chi connectivity index (χ3n) is 2.35. The summed E-state index contributed by atoms with van der Waals surface area (Å²) in [6.07, 6.45) is 4.36. The molecule has 0 amide bonds. The molecule has 0 bridgehead atoms. The van der Waals surface area contributed by atoms with Crippen LogP contribution in [0.2, 0.25) is 0 Å². The Morgan fingerprint density at radius 2 is 2.22 bits per heavy atom. The van der Waals surface area contributed by atoms with E-state index in [2.05, 4.69) is 22.4 Å². The highest BCUT2D eigenvalue weighted by atomic mass is 16.5. The number of unbranched alkanes of at least 4 members (excludes halogenated alkanes) is 1. The molecule has 6 nitrogen and oxygen atoms in total. The first kappa shape index (κ1) is 14.4. The summed E-state index contributed by atoms with van der Waals surface area (Å²) in [5, 5.41) is 19.3. The molecule has 0 fully saturated rings. The lowest BCUT2D eigenvalue weighted by Gasteiger charge is -2.07. The van der Waals surface area contributed by atoms with Crippen molar-refractivity contribution >= 4 is 11.8 Å². The van der Waals surface area contributed by atoms with Crippen LogP contribution in [0, 0.1) is 0 Å². The second-order valence-electron chi connectivity index (χ2n) is 3.84. The molecular formula is C12H19N3O3. The molecule has 0 aromatic carbocycles. The second kappa shape index (κ2) is 8.41. The van der Waals surface area contributed by atoms with E-state index in [1.54, 1.807) is 0 Å². The second-order valence-corrected chi connectivity index (χ2v) is 3.84. The first-order valence-corrected chi connectivity index (χ1v) is 6.12. The quantitative estimate of drug-likeness (QED) is 0.653. The van der Waals surface area contributed by atoms with Crippen molar-refractivity contribution in [1.82, 2.24) is 10.2 Å². The summed E-state index contributed by atoms with van der Waals surface area (Å²) >= 11 is 0. The van der Waals surface area contributed by atoms with Gasteiger partial charge in [-0.05, 0) is 18.9 Å². The normalized spacial score (nSPS) is 10.3. The zero-order chi connectivity index (χ0) is 13.2. The molecule has 0 atom stereocenters. The van der Waals surface area contributed by atoms with E-state index >= 15 is 0 Å². The first-order chi connectivity index (χ1) is 8.75. The maximum absolute atomic E-state index is 10.9. The highest BCUT2D eigenvalue weighted by Gasteiger charge is 2.10. The summed E-state index contributed by atoms with van der Waals surface area (Å²) in [4.78, 5) is 10.9. The van der Waals surface area contributed by atoms with Crippen LogP contribution in [-0.4, -0.2) is 41.0 Å². The number of hydrogen-bond donors (Lipinski definition) is 2. The largest absolute Gasteiger partial charge is 0.478 e. The number of carboxylic acids is 1. The minimum absolute atomic E-state index is 0.136. The van der Waals surface area contributed by atoms with E-state index in [4.69, 9.17) is 9.84 Å². The van der Waals surface area contributed by atoms with Gasteiger partial charge in [-0.2, -0.15) is 5.10 Å². The number of aromatic carboxylic acids is 1. The molecule has 0 radical (unpaired) electrons. The van der Waals surface area contributed by atoms with Gasteiger partial charge in [0.1, 0.15) is 5.56 Å². The van der Waals surface area contributed by atoms with Gasteiger partial charge >= 0.3 is 5.97 Å². The summed E-state index contributed by atoms with van der Waals surface area (Å²) in [7, 11) is 0. The Hall–Kier alpha value is -1.69. The van der Waals surface area contributed by atoms with Crippen molar-refractivity contribution in [3.05, 3.63) is 17.8 Å². The average Bonchev–Trinajstić information content (AvgIpc) is 2.38. The highest BCUT2D eigenvalue weighted by molar-refractivity contribution is 5.92. The molecule has 1 rings (SSSR count). The molecule has 100 valence electrons. The molecule has 0 aliphatic rings. The Morgan fingerprint density at radius 1 is 1.44 bits per heavy atom. The summed E-state index contributed by atoms with van der Waals surface area (Å²) in [6, 6.07) is 1.43. The van der Waals surface area contributed by atoms with Crippen molar-refractivity contribution in [2.75, 3.05) is 25.1 Å². The van der Waals surface area contributed by atoms with Gasteiger partial charge in [-0.1, -0.05) is 13.3 Å². The maximum atomic E-state index is 10.9. The van der Waals surface area contributed by atoms with E-state index in [9.17, 15) is 4.79 Å². The van der Waals surface area contributed by atoms with Crippen molar-refractivity contribution in [1.29, 1.82) is 0 Å². The van der Waals surface area contributed by atoms with Crippen LogP contribution in [0.4, 0.5) is 5.82 Å². The number of aromatic nitrogens is 2. The van der Waals surface area contributed by atoms with Crippen molar-refractivity contribution < 1.29 is 14.6 Å². The zero-order valence-corrected chi connectivity index (χ0v) is 10.6. The minimum atomic E-state index is -1.01. The van der Waals surface area contributed by atoms with E-state index < -0.39 is 5.97 Å². The van der Waals surface area contributed by atoms with Crippen LogP contribution in [0.5, 0.6) is 0 Å². The van der Waals surface area contributed by atoms with Crippen molar-refractivity contribution in [2.24, 2.45) is 0 Å². The van der Waals surface area contributed by atoms with Gasteiger partial charge in [-0.3, -0.25) is 0 Å². The van der Waals surface area contributed by atoms with E-state index in [1.165, 1.54) is 12.3 Å². The number of carboxylic acid groups (broad SMARTS) is 1. The zero-order valence-electron chi connectivity index (χ0n) is 10.6. The van der Waals surface area contributed by atoms with Gasteiger partial charge in [0.05, 0.1) is 6.20 Å². The van der Waals surface area contributed by atoms with E-state index in [0.717, 1.165) is 25.9 Å². The number of nitrogens with one attached hydrogen (secondary N) is 1. The van der Waals surface area contributed by atoms with Gasteiger partial charge in [0.25, 0.3) is 0 Å². The third-order valence-corrected chi connectivity index (χ3v) is 2.35. The van der Waals surface area contributed by atoms with Gasteiger partial charge in [0, 0.05) is 19.8 Å². The Bertz CT molecular complexity index is 371. The topological polar surface area (TPSA) is 84.3 Å². The minimum Gasteiger partial charge on any atom is -0.478 e. The molecule has 1 aromatic heterocycles. The monoisotopic (exact) mass is 253 g/mol. The molecule has 0 aliphatic carbocycles. The van der Waals surface area contributed by atoms with Crippen LogP contribution in [0.3, 0.4) is 0 Å². The fourth-order valence-corrected chi connectivity index (χ4v) is 1.36. The summed E-state index contributed by atoms with van der Waals surface area (Å²) in [5.41, 5.74) is 0.136. The Balaban J connectivity index is 2.25. The Labute approximate surface area is 106 Å². The molecule has 0 unspecified atom stereocenters. The molecule has 1 aromatic rings. The van der Waals surface area contributed by atoms with Crippen LogP contribution in [0.25, 0.3) is 0 Å². The third kappa shape index (κ3) is 5.09. The van der Waals surface area contributed by atoms with Crippen LogP contribution < -0.4 is 5.32 Å². The van der Waals surface area contributed by atoms with Crippen LogP contribution in [-0.2, 0) is 4.74 Å². The number of hydrogen-bond acceptors (Lipinski definition) is 5. The molecule has 2 N–H and O–H groups in total. The van der Waals surface area contributed by atoms with Crippen LogP contribution in [0.1, 0.15) is 36.5 Å². The molecule has 0 saturated carbocycles. The Morgan fingerprint density at radius 3 is 2.94 bits per heavy atom. The lowest BCUT2D eigenvalue weighted by Crippen LogP contribution is -2.12. The molecule has 18 heavy (non-hydrogen) atoms. The van der Waals surface area contributed by atoms with Gasteiger partial charge in [0.15, 0.2) is 5.82 Å². The predicted molar refractivity (Wildman–Crippen MR) is 67.8 cm³/mol. The van der Waals surface area contributed by atoms with E-state index in [-0.39, 0.29) is 5.56 Å². The summed E-state index contributed by atoms with van der Waals surface area (Å²) < 4.78 is 5.40. The van der Waals surface area contributed by atoms with Crippen LogP contribution >= 0.6 is 0 Å². The van der Waals surface area contributed by atoms with Gasteiger partial charge in [-0.15, -0.1) is 5.10 Å². The number of rotatable bonds is 9. The fraction of sp³-hybridized carbons (Fsp3) is 0.583. The molecule has 0 aliphatic heterocycles. The number of carbonyl (C=O) groups is 1. The standard InChI is InChI=1S/C12H19N3O3/c1-2-3-8-18-9-4-6-13-11-10(12(16)17)5-7-14-15-11/h5,7H,2-4,6,8-9H2,1H3,(H,13,15)(H,16,17). The van der Waals surface area contributed by atoms with E-state index in [1.807, 2.05) is 0 Å². The van der Waals surface area contributed by atoms with Crippen molar-refractivity contribution in [3.63, 3.8) is 0 Å². The molecule has 1 heterocycles. The molecule has 0 spiro atoms. The maximum Gasteiger partial charge on any atom is 0.339 e. The van der Waals surface area contributed by atoms with Crippen molar-refractivity contribution in [3.8, 4) is 0 Å². The van der Waals surface area contributed by atoms with E-state index in [0.29, 0.717) is 19.0 Å². The Kier molecular flexibility index (Phi) is 6.71.